The summed E-state index contributed by atoms with van der Waals surface area (Å²) in [6.45, 7) is -0.115. The molecule has 0 saturated carbocycles. The third kappa shape index (κ3) is 20.6. The van der Waals surface area contributed by atoms with E-state index in [1.807, 2.05) is 0 Å². The van der Waals surface area contributed by atoms with Gasteiger partial charge in [-0.25, -0.2) is 33.7 Å². The van der Waals surface area contributed by atoms with Gasteiger partial charge in [-0.3, -0.25) is 0 Å². The fourth-order valence-electron chi connectivity index (χ4n) is 6.06. The van der Waals surface area contributed by atoms with Crippen LogP contribution in [0.2, 0.25) is 0 Å². The molecule has 0 aliphatic carbocycles. The van der Waals surface area contributed by atoms with Gasteiger partial charge >= 0.3 is 118 Å². The number of benzene rings is 4. The first kappa shape index (κ1) is 63.7. The predicted molar refractivity (Wildman–Crippen MR) is 199 cm³/mol. The summed E-state index contributed by atoms with van der Waals surface area (Å²) in [4.78, 5) is 0. The van der Waals surface area contributed by atoms with Gasteiger partial charge in [-0.1, -0.05) is 37.3 Å². The minimum absolute atomic E-state index is 0. The molecular weight excluding hydrogens is 945 g/mol. The van der Waals surface area contributed by atoms with Crippen molar-refractivity contribution >= 4 is 40.5 Å². The van der Waals surface area contributed by atoms with E-state index in [1.165, 1.54) is 12.1 Å². The summed E-state index contributed by atoms with van der Waals surface area (Å²) >= 11 is 0. The van der Waals surface area contributed by atoms with Crippen LogP contribution in [-0.4, -0.2) is 87.6 Å². The first-order chi connectivity index (χ1) is 26.6. The zero-order chi connectivity index (χ0) is 44.0. The van der Waals surface area contributed by atoms with Crippen molar-refractivity contribution in [1.82, 2.24) is 0 Å². The molecule has 0 saturated heterocycles. The number of phenolic OH excluding ortho intramolecular Hbond substituents is 1. The fraction of sp³-hybridized carbons (Fsp3) is 0.314. The normalized spacial score (nSPS) is 11.5. The molecule has 62 heavy (non-hydrogen) atoms. The number of phenols is 4. The average molecular weight is 983 g/mol. The minimum Gasteiger partial charge on any atom is -0.748 e. The zero-order valence-corrected chi connectivity index (χ0v) is 45.6. The number of rotatable bonds is 16. The van der Waals surface area contributed by atoms with E-state index in [-0.39, 0.29) is 185 Å². The molecule has 0 unspecified atom stereocenters. The maximum Gasteiger partial charge on any atom is 1.00 e. The second kappa shape index (κ2) is 26.8. The molecule has 0 radical (unpaired) electrons. The van der Waals surface area contributed by atoms with E-state index in [9.17, 15) is 82.5 Å². The van der Waals surface area contributed by atoms with Crippen molar-refractivity contribution in [3.63, 3.8) is 0 Å². The van der Waals surface area contributed by atoms with Gasteiger partial charge in [-0.15, -0.1) is 0 Å². The second-order valence-corrected chi connectivity index (χ2v) is 18.7. The van der Waals surface area contributed by atoms with Crippen molar-refractivity contribution in [2.45, 2.75) is 69.0 Å². The summed E-state index contributed by atoms with van der Waals surface area (Å²) in [6.07, 6.45) is -0.343. The summed E-state index contributed by atoms with van der Waals surface area (Å²) in [5.74, 6) is -5.24. The Morgan fingerprint density at radius 2 is 0.548 bits per heavy atom. The molecule has 27 heteroatoms. The summed E-state index contributed by atoms with van der Waals surface area (Å²) in [7, 11) is -18.8. The van der Waals surface area contributed by atoms with E-state index >= 15 is 0 Å². The standard InChI is InChI=1S/C25H28O14S3.C10H14O5S.4Na/c26-9-21-5-15(12-41(34,35)36)3-19(24(21)29)7-17-1-14(11-40(31,32)33)2-18(23(17)28)8-20-4-16(13-42(37,38)39)6-22(10-27)25(20)30;1-2-8-3-7(6-16(13,14)15)4-9(5-11)10(8)12;;;;/h1-6,26-30H,7-13H2,(H,31,32,33)(H,34,35,36)(H,37,38,39);3-4,11-12H,2,5-6H2,1H3,(H,13,14,15);;;;/q;;4*+1/p-4. The molecule has 4 aromatic carbocycles. The summed E-state index contributed by atoms with van der Waals surface area (Å²) in [5, 5.41) is 70.1. The third-order valence-corrected chi connectivity index (χ3v) is 11.1. The van der Waals surface area contributed by atoms with Gasteiger partial charge in [0.2, 0.25) is 0 Å². The van der Waals surface area contributed by atoms with Gasteiger partial charge in [-0.2, -0.15) is 0 Å². The van der Waals surface area contributed by atoms with Crippen LogP contribution >= 0.6 is 0 Å². The molecule has 0 atom stereocenters. The Balaban J connectivity index is 0. The first-order valence-electron chi connectivity index (χ1n) is 16.6. The monoisotopic (exact) mass is 982 g/mol. The van der Waals surface area contributed by atoms with E-state index in [1.54, 1.807) is 6.92 Å². The zero-order valence-electron chi connectivity index (χ0n) is 34.4. The number of aromatic hydroxyl groups is 4. The smallest absolute Gasteiger partial charge is 0.748 e. The Morgan fingerprint density at radius 1 is 0.371 bits per heavy atom. The Bertz CT molecular complexity index is 2490. The van der Waals surface area contributed by atoms with Gasteiger partial charge in [0.25, 0.3) is 0 Å². The third-order valence-electron chi connectivity index (χ3n) is 8.34. The fourth-order valence-corrected chi connectivity index (χ4v) is 8.36. The minimum atomic E-state index is -4.86. The van der Waals surface area contributed by atoms with Crippen LogP contribution in [0.3, 0.4) is 0 Å². The molecular formula is C35H38Na4O19S4. The molecule has 0 aliphatic rings. The Morgan fingerprint density at radius 3 is 0.742 bits per heavy atom. The van der Waals surface area contributed by atoms with E-state index < -0.39 is 113 Å². The van der Waals surface area contributed by atoms with Crippen LogP contribution in [0.25, 0.3) is 0 Å². The van der Waals surface area contributed by atoms with Crippen LogP contribution in [0.15, 0.2) is 48.5 Å². The van der Waals surface area contributed by atoms with Crippen molar-refractivity contribution < 1.29 is 206 Å². The SMILES string of the molecule is CCc1cc(CS(=O)(=O)[O-])cc(CO)c1O.O=S(=O)([O-])Cc1cc(CO)c(O)c(Cc2cc(CS(=O)(=O)[O-])cc(Cc3cc(CS(=O)(=O)[O-])cc(CO)c3O)c2O)c1.[Na+].[Na+].[Na+].[Na+]. The van der Waals surface area contributed by atoms with Crippen molar-refractivity contribution in [2.75, 3.05) is 0 Å². The Labute approximate surface area is 447 Å². The van der Waals surface area contributed by atoms with Gasteiger partial charge in [0.05, 0.1) is 83.3 Å². The quantitative estimate of drug-likeness (QED) is 0.0405. The van der Waals surface area contributed by atoms with E-state index in [4.69, 9.17) is 5.11 Å². The van der Waals surface area contributed by atoms with Crippen LogP contribution in [0.4, 0.5) is 0 Å². The number of aryl methyl sites for hydroxylation is 1. The van der Waals surface area contributed by atoms with Crippen molar-refractivity contribution in [3.05, 3.63) is 115 Å². The predicted octanol–water partition coefficient (Wildman–Crippen LogP) is -11.4. The Kier molecular flexibility index (Phi) is 27.5. The molecule has 0 bridgehead atoms. The molecule has 0 spiro atoms. The van der Waals surface area contributed by atoms with Gasteiger partial charge in [0, 0.05) is 29.5 Å². The summed E-state index contributed by atoms with van der Waals surface area (Å²) in [5.41, 5.74) is 0.114. The molecule has 4 rings (SSSR count). The molecule has 0 heterocycles. The molecule has 7 N–H and O–H groups in total. The average Bonchev–Trinajstić information content (AvgIpc) is 3.07. The molecule has 0 aromatic heterocycles. The van der Waals surface area contributed by atoms with Crippen molar-refractivity contribution in [3.8, 4) is 23.0 Å². The van der Waals surface area contributed by atoms with Crippen LogP contribution in [0, 0.1) is 0 Å². The van der Waals surface area contributed by atoms with Gasteiger partial charge in [0.15, 0.2) is 0 Å². The Hall–Kier alpha value is -0.400. The van der Waals surface area contributed by atoms with Crippen molar-refractivity contribution in [1.29, 1.82) is 0 Å². The molecule has 0 amide bonds. The van der Waals surface area contributed by atoms with Crippen LogP contribution < -0.4 is 118 Å². The summed E-state index contributed by atoms with van der Waals surface area (Å²) < 4.78 is 134. The van der Waals surface area contributed by atoms with Crippen LogP contribution in [0.5, 0.6) is 23.0 Å². The molecule has 320 valence electrons. The largest absolute Gasteiger partial charge is 1.00 e. The van der Waals surface area contributed by atoms with E-state index in [2.05, 4.69) is 0 Å². The molecule has 0 fully saturated rings. The number of aliphatic hydroxyl groups is 3. The van der Waals surface area contributed by atoms with Crippen LogP contribution in [-0.2, 0) is 103 Å². The van der Waals surface area contributed by atoms with Crippen LogP contribution in [0.1, 0.15) is 73.7 Å². The van der Waals surface area contributed by atoms with Gasteiger partial charge in [0.1, 0.15) is 23.0 Å². The van der Waals surface area contributed by atoms with E-state index in [0.29, 0.717) is 12.0 Å². The topological polar surface area (TPSA) is 370 Å². The molecule has 4 aromatic rings. The molecule has 0 aliphatic heterocycles. The summed E-state index contributed by atoms with van der Waals surface area (Å²) in [6, 6.07) is 9.49. The number of aliphatic hydroxyl groups excluding tert-OH is 3. The van der Waals surface area contributed by atoms with Gasteiger partial charge in [-0.05, 0) is 74.7 Å². The maximum atomic E-state index is 11.5. The second-order valence-electron chi connectivity index (χ2n) is 13.0. The van der Waals surface area contributed by atoms with Gasteiger partial charge < -0.3 is 54.0 Å². The van der Waals surface area contributed by atoms with Crippen molar-refractivity contribution in [2.24, 2.45) is 0 Å². The maximum absolute atomic E-state index is 11.5. The first-order valence-corrected chi connectivity index (χ1v) is 22.9. The van der Waals surface area contributed by atoms with E-state index in [0.717, 1.165) is 36.4 Å². The molecule has 19 nitrogen and oxygen atoms in total. The number of hydrogen-bond acceptors (Lipinski definition) is 19. The number of hydrogen-bond donors (Lipinski definition) is 7.